The smallest absolute Gasteiger partial charge is 0.358 e. The van der Waals surface area contributed by atoms with Gasteiger partial charge in [-0.3, -0.25) is 0 Å². The Morgan fingerprint density at radius 1 is 1.43 bits per heavy atom. The maximum atomic E-state index is 11.3. The highest BCUT2D eigenvalue weighted by molar-refractivity contribution is 7.15. The number of thiazole rings is 1. The van der Waals surface area contributed by atoms with Crippen molar-refractivity contribution in [1.82, 2.24) is 9.38 Å². The summed E-state index contributed by atoms with van der Waals surface area (Å²) in [5.41, 5.74) is 2.52. The molecule has 2 heterocycles. The van der Waals surface area contributed by atoms with E-state index in [0.29, 0.717) is 10.8 Å². The maximum absolute atomic E-state index is 11.3. The molecule has 21 heavy (non-hydrogen) atoms. The van der Waals surface area contributed by atoms with Crippen molar-refractivity contribution in [3.05, 3.63) is 57.1 Å². The largest absolute Gasteiger partial charge is 0.372 e. The van der Waals surface area contributed by atoms with Gasteiger partial charge in [0.05, 0.1) is 6.04 Å². The first-order chi connectivity index (χ1) is 10.2. The zero-order valence-electron chi connectivity index (χ0n) is 11.0. The Kier molecular flexibility index (Phi) is 2.68. The van der Waals surface area contributed by atoms with Gasteiger partial charge in [-0.15, -0.1) is 0 Å². The molecule has 1 aliphatic carbocycles. The summed E-state index contributed by atoms with van der Waals surface area (Å²) in [5, 5.41) is 16.4. The number of rotatable bonds is 3. The van der Waals surface area contributed by atoms with Gasteiger partial charge in [-0.2, -0.15) is 9.38 Å². The lowest BCUT2D eigenvalue weighted by Gasteiger charge is -2.12. The summed E-state index contributed by atoms with van der Waals surface area (Å²) in [6.45, 7) is 0. The van der Waals surface area contributed by atoms with Crippen molar-refractivity contribution in [1.29, 1.82) is 0 Å². The summed E-state index contributed by atoms with van der Waals surface area (Å²) in [4.78, 5) is 15.9. The van der Waals surface area contributed by atoms with E-state index >= 15 is 0 Å². The molecule has 3 aromatic rings. The molecule has 0 saturated heterocycles. The second kappa shape index (κ2) is 4.56. The highest BCUT2D eigenvalue weighted by atomic mass is 32.1. The van der Waals surface area contributed by atoms with Crippen LogP contribution in [0.25, 0.3) is 4.96 Å². The van der Waals surface area contributed by atoms with Gasteiger partial charge in [0.15, 0.2) is 0 Å². The summed E-state index contributed by atoms with van der Waals surface area (Å²) in [6, 6.07) is 8.29. The SMILES string of the molecule is O=[N+]([O-])c1c(N[C@@H]2CCc3ccccc32)nc2sccn12. The predicted octanol–water partition coefficient (Wildman–Crippen LogP) is 3.40. The van der Waals surface area contributed by atoms with Crippen LogP contribution < -0.4 is 5.32 Å². The van der Waals surface area contributed by atoms with Gasteiger partial charge >= 0.3 is 5.82 Å². The van der Waals surface area contributed by atoms with Gasteiger partial charge in [-0.05, 0) is 28.9 Å². The van der Waals surface area contributed by atoms with E-state index in [2.05, 4.69) is 22.4 Å². The van der Waals surface area contributed by atoms with Crippen molar-refractivity contribution in [3.8, 4) is 0 Å². The Balaban J connectivity index is 1.74. The van der Waals surface area contributed by atoms with E-state index < -0.39 is 0 Å². The lowest BCUT2D eigenvalue weighted by Crippen LogP contribution is -2.09. The molecule has 0 amide bonds. The van der Waals surface area contributed by atoms with Crippen LogP contribution in [-0.2, 0) is 6.42 Å². The molecule has 4 rings (SSSR count). The average molecular weight is 300 g/mol. The van der Waals surface area contributed by atoms with Crippen LogP contribution in [0.3, 0.4) is 0 Å². The fourth-order valence-electron chi connectivity index (χ4n) is 2.92. The van der Waals surface area contributed by atoms with E-state index in [1.54, 1.807) is 11.6 Å². The van der Waals surface area contributed by atoms with Gasteiger partial charge in [0, 0.05) is 5.38 Å². The summed E-state index contributed by atoms with van der Waals surface area (Å²) < 4.78 is 1.52. The van der Waals surface area contributed by atoms with Crippen LogP contribution in [0.15, 0.2) is 35.8 Å². The van der Waals surface area contributed by atoms with Crippen molar-refractivity contribution in [2.24, 2.45) is 0 Å². The van der Waals surface area contributed by atoms with Gasteiger partial charge in [-0.25, -0.2) is 0 Å². The van der Waals surface area contributed by atoms with E-state index in [1.165, 1.54) is 26.9 Å². The van der Waals surface area contributed by atoms with Crippen molar-refractivity contribution in [2.75, 3.05) is 5.32 Å². The lowest BCUT2D eigenvalue weighted by molar-refractivity contribution is -0.389. The Hall–Kier alpha value is -2.41. The van der Waals surface area contributed by atoms with Crippen molar-refractivity contribution in [2.45, 2.75) is 18.9 Å². The third-order valence-electron chi connectivity index (χ3n) is 3.85. The fourth-order valence-corrected chi connectivity index (χ4v) is 3.63. The summed E-state index contributed by atoms with van der Waals surface area (Å²) >= 11 is 1.39. The number of imidazole rings is 1. The Morgan fingerprint density at radius 3 is 3.14 bits per heavy atom. The Morgan fingerprint density at radius 2 is 2.29 bits per heavy atom. The minimum Gasteiger partial charge on any atom is -0.358 e. The second-order valence-electron chi connectivity index (χ2n) is 5.03. The van der Waals surface area contributed by atoms with Gasteiger partial charge in [-0.1, -0.05) is 35.6 Å². The molecule has 1 N–H and O–H groups in total. The normalized spacial score (nSPS) is 17.0. The topological polar surface area (TPSA) is 72.5 Å². The number of nitrogens with zero attached hydrogens (tertiary/aromatic N) is 3. The zero-order valence-corrected chi connectivity index (χ0v) is 11.8. The van der Waals surface area contributed by atoms with Crippen LogP contribution in [0.5, 0.6) is 0 Å². The molecule has 0 unspecified atom stereocenters. The Labute approximate surface area is 124 Å². The minimum absolute atomic E-state index is 0.00984. The predicted molar refractivity (Wildman–Crippen MR) is 80.9 cm³/mol. The number of hydrogen-bond donors (Lipinski definition) is 1. The van der Waals surface area contributed by atoms with E-state index in [-0.39, 0.29) is 16.8 Å². The quantitative estimate of drug-likeness (QED) is 0.594. The van der Waals surface area contributed by atoms with E-state index in [0.717, 1.165) is 12.8 Å². The number of nitro groups is 1. The van der Waals surface area contributed by atoms with Crippen LogP contribution in [0.4, 0.5) is 11.6 Å². The molecule has 6 nitrogen and oxygen atoms in total. The standard InChI is InChI=1S/C14H12N4O2S/c19-18(20)13-12(16-14-17(13)7-8-21-14)15-11-6-5-9-3-1-2-4-10(9)11/h1-4,7-8,11,15H,5-6H2/t11-/m1/s1. The van der Waals surface area contributed by atoms with Crippen LogP contribution in [-0.4, -0.2) is 14.3 Å². The van der Waals surface area contributed by atoms with Crippen LogP contribution >= 0.6 is 11.3 Å². The third kappa shape index (κ3) is 1.89. The second-order valence-corrected chi connectivity index (χ2v) is 5.90. The molecule has 0 spiro atoms. The van der Waals surface area contributed by atoms with Gasteiger partial charge in [0.25, 0.3) is 4.96 Å². The monoisotopic (exact) mass is 300 g/mol. The fraction of sp³-hybridized carbons (Fsp3) is 0.214. The summed E-state index contributed by atoms with van der Waals surface area (Å²) in [7, 11) is 0. The zero-order chi connectivity index (χ0) is 14.4. The number of nitrogens with one attached hydrogen (secondary N) is 1. The molecule has 0 bridgehead atoms. The molecule has 0 aliphatic heterocycles. The molecule has 2 aromatic heterocycles. The maximum Gasteiger partial charge on any atom is 0.372 e. The summed E-state index contributed by atoms with van der Waals surface area (Å²) in [5.74, 6) is 0.365. The number of aromatic nitrogens is 2. The highest BCUT2D eigenvalue weighted by Crippen LogP contribution is 2.36. The van der Waals surface area contributed by atoms with Crippen molar-refractivity contribution < 1.29 is 4.92 Å². The van der Waals surface area contributed by atoms with Gasteiger partial charge in [0.2, 0.25) is 5.82 Å². The average Bonchev–Trinajstić information content (AvgIpc) is 3.13. The van der Waals surface area contributed by atoms with E-state index in [4.69, 9.17) is 0 Å². The van der Waals surface area contributed by atoms with Gasteiger partial charge in [0.1, 0.15) is 6.20 Å². The highest BCUT2D eigenvalue weighted by Gasteiger charge is 2.28. The van der Waals surface area contributed by atoms with Crippen molar-refractivity contribution >= 4 is 27.9 Å². The molecule has 0 saturated carbocycles. The number of benzene rings is 1. The Bertz CT molecular complexity index is 838. The number of fused-ring (bicyclic) bond motifs is 2. The minimum atomic E-state index is -0.379. The number of aryl methyl sites for hydroxylation is 1. The molecular weight excluding hydrogens is 288 g/mol. The van der Waals surface area contributed by atoms with Crippen LogP contribution in [0.1, 0.15) is 23.6 Å². The summed E-state index contributed by atoms with van der Waals surface area (Å²) in [6.07, 6.45) is 3.60. The molecule has 1 aromatic carbocycles. The molecule has 7 heteroatoms. The van der Waals surface area contributed by atoms with E-state index in [1.807, 2.05) is 12.1 Å². The number of anilines is 1. The van der Waals surface area contributed by atoms with Crippen molar-refractivity contribution in [3.63, 3.8) is 0 Å². The molecule has 1 aliphatic rings. The molecule has 1 atom stereocenters. The molecule has 106 valence electrons. The van der Waals surface area contributed by atoms with Gasteiger partial charge < -0.3 is 15.4 Å². The number of hydrogen-bond acceptors (Lipinski definition) is 5. The molecule has 0 fully saturated rings. The first kappa shape index (κ1) is 12.3. The third-order valence-corrected chi connectivity index (χ3v) is 4.61. The molecular formula is C14H12N4O2S. The first-order valence-corrected chi connectivity index (χ1v) is 7.56. The van der Waals surface area contributed by atoms with E-state index in [9.17, 15) is 10.1 Å². The molecule has 0 radical (unpaired) electrons. The first-order valence-electron chi connectivity index (χ1n) is 6.68. The lowest BCUT2D eigenvalue weighted by atomic mass is 10.1. The van der Waals surface area contributed by atoms with Crippen LogP contribution in [0, 0.1) is 10.1 Å². The van der Waals surface area contributed by atoms with Crippen LogP contribution in [0.2, 0.25) is 0 Å².